The maximum absolute atomic E-state index is 2.69. The average Bonchev–Trinajstić information content (AvgIpc) is 2.25. The molecule has 0 aliphatic carbocycles. The summed E-state index contributed by atoms with van der Waals surface area (Å²) in [5.41, 5.74) is 0.524. The molecule has 1 unspecified atom stereocenters. The van der Waals surface area contributed by atoms with Gasteiger partial charge in [0.1, 0.15) is 0 Å². The minimum absolute atomic E-state index is 0.478. The smallest absolute Gasteiger partial charge is 0.0615 e. The third-order valence-electron chi connectivity index (χ3n) is 3.28. The maximum atomic E-state index is 2.69. The van der Waals surface area contributed by atoms with Gasteiger partial charge in [-0.05, 0) is 38.6 Å². The van der Waals surface area contributed by atoms with Crippen LogP contribution >= 0.6 is 11.8 Å². The molecule has 2 aliphatic heterocycles. The topological polar surface area (TPSA) is 3.24 Å². The van der Waals surface area contributed by atoms with Gasteiger partial charge < -0.3 is 0 Å². The van der Waals surface area contributed by atoms with Gasteiger partial charge in [0.25, 0.3) is 0 Å². The molecule has 0 aromatic heterocycles. The van der Waals surface area contributed by atoms with Gasteiger partial charge in [-0.2, -0.15) is 0 Å². The molecule has 0 radical (unpaired) electrons. The molecule has 0 aromatic carbocycles. The van der Waals surface area contributed by atoms with Crippen LogP contribution in [0, 0.1) is 5.41 Å². The molecule has 76 valence electrons. The molecule has 0 saturated carbocycles. The second kappa shape index (κ2) is 2.90. The quantitative estimate of drug-likeness (QED) is 0.590. The fourth-order valence-electron chi connectivity index (χ4n) is 2.70. The monoisotopic (exact) mass is 199 g/mol. The van der Waals surface area contributed by atoms with Crippen molar-refractivity contribution in [3.63, 3.8) is 0 Å². The molecule has 0 spiro atoms. The average molecular weight is 199 g/mol. The predicted octanol–water partition coefficient (Wildman–Crippen LogP) is 2.96. The van der Waals surface area contributed by atoms with Gasteiger partial charge in [-0.15, -0.1) is 11.8 Å². The number of fused-ring (bicyclic) bond motifs is 1. The summed E-state index contributed by atoms with van der Waals surface area (Å²) in [5.74, 6) is 0. The van der Waals surface area contributed by atoms with Gasteiger partial charge in [0.05, 0.1) is 5.37 Å². The predicted molar refractivity (Wildman–Crippen MR) is 60.0 cm³/mol. The number of piperidine rings is 1. The van der Waals surface area contributed by atoms with Gasteiger partial charge in [0.2, 0.25) is 0 Å². The van der Waals surface area contributed by atoms with Crippen molar-refractivity contribution in [1.82, 2.24) is 4.90 Å². The molecule has 2 aliphatic rings. The van der Waals surface area contributed by atoms with Crippen LogP contribution in [0.15, 0.2) is 0 Å². The van der Waals surface area contributed by atoms with Crippen LogP contribution in [0.4, 0.5) is 0 Å². The van der Waals surface area contributed by atoms with E-state index in [0.717, 1.165) is 5.37 Å². The van der Waals surface area contributed by atoms with E-state index in [1.807, 2.05) is 0 Å². The first-order chi connectivity index (χ1) is 5.91. The van der Waals surface area contributed by atoms with E-state index in [0.29, 0.717) is 10.2 Å². The zero-order valence-electron chi connectivity index (χ0n) is 9.26. The molecule has 0 aromatic rings. The lowest BCUT2D eigenvalue weighted by molar-refractivity contribution is 0.103. The number of rotatable bonds is 0. The molecule has 2 heteroatoms. The van der Waals surface area contributed by atoms with Gasteiger partial charge >= 0.3 is 0 Å². The molecular formula is C11H21NS. The molecular weight excluding hydrogens is 178 g/mol. The molecule has 1 nitrogen and oxygen atoms in total. The lowest BCUT2D eigenvalue weighted by atomic mass is 9.83. The molecule has 2 rings (SSSR count). The Balaban J connectivity index is 2.17. The van der Waals surface area contributed by atoms with Gasteiger partial charge in [0, 0.05) is 11.3 Å². The highest BCUT2D eigenvalue weighted by Gasteiger charge is 2.47. The van der Waals surface area contributed by atoms with Crippen LogP contribution in [0.25, 0.3) is 0 Å². The zero-order valence-corrected chi connectivity index (χ0v) is 10.1. The van der Waals surface area contributed by atoms with Crippen LogP contribution < -0.4 is 0 Å². The first-order valence-corrected chi connectivity index (χ1v) is 6.21. The van der Waals surface area contributed by atoms with E-state index in [1.54, 1.807) is 0 Å². The van der Waals surface area contributed by atoms with Gasteiger partial charge in [0.15, 0.2) is 0 Å². The summed E-state index contributed by atoms with van der Waals surface area (Å²) < 4.78 is 0.478. The fourth-order valence-corrected chi connectivity index (χ4v) is 4.31. The van der Waals surface area contributed by atoms with E-state index in [4.69, 9.17) is 0 Å². The van der Waals surface area contributed by atoms with Crippen LogP contribution in [0.2, 0.25) is 0 Å². The second-order valence-electron chi connectivity index (χ2n) is 5.79. The molecule has 0 N–H and O–H groups in total. The van der Waals surface area contributed by atoms with Crippen molar-refractivity contribution >= 4 is 11.8 Å². The van der Waals surface area contributed by atoms with Crippen LogP contribution in [0.3, 0.4) is 0 Å². The SMILES string of the molecule is CC1(C)CN2CCCC(C)(C)C2S1. The van der Waals surface area contributed by atoms with Crippen LogP contribution in [0.1, 0.15) is 40.5 Å². The summed E-state index contributed by atoms with van der Waals surface area (Å²) in [6, 6.07) is 0. The third kappa shape index (κ3) is 1.75. The van der Waals surface area contributed by atoms with Gasteiger partial charge in [-0.3, -0.25) is 4.90 Å². The van der Waals surface area contributed by atoms with E-state index < -0.39 is 0 Å². The van der Waals surface area contributed by atoms with Crippen molar-refractivity contribution < 1.29 is 0 Å². The van der Waals surface area contributed by atoms with Gasteiger partial charge in [-0.1, -0.05) is 13.8 Å². The lowest BCUT2D eigenvalue weighted by Crippen LogP contribution is -2.44. The van der Waals surface area contributed by atoms with Crippen LogP contribution in [0.5, 0.6) is 0 Å². The Bertz CT molecular complexity index is 210. The molecule has 2 heterocycles. The number of hydrogen-bond donors (Lipinski definition) is 0. The highest BCUT2D eigenvalue weighted by atomic mass is 32.2. The summed E-state index contributed by atoms with van der Waals surface area (Å²) in [4.78, 5) is 2.69. The summed E-state index contributed by atoms with van der Waals surface area (Å²) >= 11 is 2.18. The lowest BCUT2D eigenvalue weighted by Gasteiger charge is -2.41. The number of thioether (sulfide) groups is 1. The van der Waals surface area contributed by atoms with Crippen molar-refractivity contribution in [3.8, 4) is 0 Å². The molecule has 0 amide bonds. The van der Waals surface area contributed by atoms with Crippen molar-refractivity contribution in [2.24, 2.45) is 5.41 Å². The standard InChI is InChI=1S/C11H21NS/c1-10(2)6-5-7-12-8-11(3,4)13-9(10)12/h9H,5-8H2,1-4H3. The Kier molecular flexibility index (Phi) is 2.20. The Hall–Kier alpha value is 0.310. The van der Waals surface area contributed by atoms with Crippen molar-refractivity contribution in [1.29, 1.82) is 0 Å². The Morgan fingerprint density at radius 1 is 1.23 bits per heavy atom. The molecule has 1 atom stereocenters. The van der Waals surface area contributed by atoms with Crippen LogP contribution in [-0.4, -0.2) is 28.1 Å². The van der Waals surface area contributed by atoms with E-state index in [9.17, 15) is 0 Å². The zero-order chi connectivity index (χ0) is 9.69. The third-order valence-corrected chi connectivity index (χ3v) is 5.21. The molecule has 2 fully saturated rings. The summed E-state index contributed by atoms with van der Waals surface area (Å²) in [7, 11) is 0. The minimum Gasteiger partial charge on any atom is -0.290 e. The first kappa shape index (κ1) is 9.85. The normalized spacial score (nSPS) is 37.4. The molecule has 0 bridgehead atoms. The van der Waals surface area contributed by atoms with Crippen molar-refractivity contribution in [2.45, 2.75) is 50.7 Å². The minimum atomic E-state index is 0.478. The fraction of sp³-hybridized carbons (Fsp3) is 1.00. The highest BCUT2D eigenvalue weighted by Crippen LogP contribution is 2.50. The molecule has 13 heavy (non-hydrogen) atoms. The highest BCUT2D eigenvalue weighted by molar-refractivity contribution is 8.01. The second-order valence-corrected chi connectivity index (χ2v) is 7.58. The van der Waals surface area contributed by atoms with Crippen molar-refractivity contribution in [3.05, 3.63) is 0 Å². The Morgan fingerprint density at radius 2 is 1.92 bits per heavy atom. The Morgan fingerprint density at radius 3 is 2.54 bits per heavy atom. The van der Waals surface area contributed by atoms with Crippen LogP contribution in [-0.2, 0) is 0 Å². The van der Waals surface area contributed by atoms with E-state index in [-0.39, 0.29) is 0 Å². The summed E-state index contributed by atoms with van der Waals surface area (Å²) in [5, 5.41) is 0.774. The van der Waals surface area contributed by atoms with Crippen molar-refractivity contribution in [2.75, 3.05) is 13.1 Å². The number of nitrogens with zero attached hydrogens (tertiary/aromatic N) is 1. The largest absolute Gasteiger partial charge is 0.290 e. The maximum Gasteiger partial charge on any atom is 0.0615 e. The summed E-state index contributed by atoms with van der Waals surface area (Å²) in [6.45, 7) is 12.2. The molecule has 2 saturated heterocycles. The van der Waals surface area contributed by atoms with E-state index in [1.165, 1.54) is 25.9 Å². The number of hydrogen-bond acceptors (Lipinski definition) is 2. The first-order valence-electron chi connectivity index (χ1n) is 5.33. The van der Waals surface area contributed by atoms with Gasteiger partial charge in [-0.25, -0.2) is 0 Å². The van der Waals surface area contributed by atoms with E-state index in [2.05, 4.69) is 44.4 Å². The summed E-state index contributed by atoms with van der Waals surface area (Å²) in [6.07, 6.45) is 2.79. The Labute approximate surface area is 86.3 Å². The van der Waals surface area contributed by atoms with E-state index >= 15 is 0 Å².